The number of amides is 2. The molecule has 2 aromatic carbocycles. The zero-order chi connectivity index (χ0) is 18.4. The minimum atomic E-state index is -0.494. The third-order valence-corrected chi connectivity index (χ3v) is 3.62. The molecular weight excluding hydrogens is 340 g/mol. The molecule has 2 amide bonds. The maximum Gasteiger partial charge on any atom is 0.262 e. The fraction of sp³-hybridized carbons (Fsp3) is 0.263. The number of ether oxygens (including phenoxy) is 1. The van der Waals surface area contributed by atoms with Crippen LogP contribution in [0.25, 0.3) is 0 Å². The van der Waals surface area contributed by atoms with Crippen molar-refractivity contribution in [2.75, 3.05) is 17.2 Å². The largest absolute Gasteiger partial charge is 0.484 e. The van der Waals surface area contributed by atoms with Gasteiger partial charge in [0.25, 0.3) is 5.91 Å². The Morgan fingerprint density at radius 2 is 1.76 bits per heavy atom. The molecule has 25 heavy (non-hydrogen) atoms. The Kier molecular flexibility index (Phi) is 6.04. The van der Waals surface area contributed by atoms with Gasteiger partial charge in [0.15, 0.2) is 6.61 Å². The molecule has 0 aliphatic carbocycles. The Labute approximate surface area is 152 Å². The first kappa shape index (κ1) is 18.8. The van der Waals surface area contributed by atoms with Crippen LogP contribution in [0, 0.1) is 5.41 Å². The van der Waals surface area contributed by atoms with Crippen molar-refractivity contribution < 1.29 is 14.3 Å². The van der Waals surface area contributed by atoms with Crippen LogP contribution in [0.5, 0.6) is 5.75 Å². The molecule has 0 aliphatic heterocycles. The molecule has 0 bridgehead atoms. The highest BCUT2D eigenvalue weighted by atomic mass is 35.5. The molecule has 0 saturated heterocycles. The van der Waals surface area contributed by atoms with Crippen LogP contribution in [0.3, 0.4) is 0 Å². The molecule has 132 valence electrons. The van der Waals surface area contributed by atoms with Crippen LogP contribution in [0.15, 0.2) is 48.5 Å². The number of hydrogen-bond donors (Lipinski definition) is 2. The fourth-order valence-electron chi connectivity index (χ4n) is 1.88. The Bertz CT molecular complexity index is 769. The highest BCUT2D eigenvalue weighted by molar-refractivity contribution is 6.33. The molecule has 0 aliphatic rings. The van der Waals surface area contributed by atoms with Crippen molar-refractivity contribution in [3.05, 3.63) is 53.6 Å². The first-order valence-corrected chi connectivity index (χ1v) is 8.22. The van der Waals surface area contributed by atoms with Crippen molar-refractivity contribution in [1.29, 1.82) is 0 Å². The van der Waals surface area contributed by atoms with E-state index >= 15 is 0 Å². The molecule has 0 heterocycles. The van der Waals surface area contributed by atoms with Gasteiger partial charge in [-0.25, -0.2) is 0 Å². The quantitative estimate of drug-likeness (QED) is 0.833. The molecule has 0 unspecified atom stereocenters. The molecule has 2 rings (SSSR count). The predicted octanol–water partition coefficient (Wildman–Crippen LogP) is 4.34. The molecule has 0 radical (unpaired) electrons. The number of rotatable bonds is 5. The summed E-state index contributed by atoms with van der Waals surface area (Å²) in [5.74, 6) is 0.0689. The standard InChI is InChI=1S/C19H21ClN2O3/c1-19(2,3)18(24)21-13-7-6-8-14(11-13)25-12-17(23)22-16-10-5-4-9-15(16)20/h4-11H,12H2,1-3H3,(H,21,24)(H,22,23). The first-order valence-electron chi connectivity index (χ1n) is 7.84. The molecule has 0 fully saturated rings. The van der Waals surface area contributed by atoms with Gasteiger partial charge < -0.3 is 15.4 Å². The number of anilines is 2. The zero-order valence-corrected chi connectivity index (χ0v) is 15.2. The van der Waals surface area contributed by atoms with E-state index in [2.05, 4.69) is 10.6 Å². The van der Waals surface area contributed by atoms with E-state index in [0.29, 0.717) is 22.1 Å². The Morgan fingerprint density at radius 1 is 1.04 bits per heavy atom. The van der Waals surface area contributed by atoms with Crippen LogP contribution in [0.4, 0.5) is 11.4 Å². The van der Waals surface area contributed by atoms with Crippen molar-refractivity contribution in [1.82, 2.24) is 0 Å². The summed E-state index contributed by atoms with van der Waals surface area (Å²) >= 11 is 6.00. The third-order valence-electron chi connectivity index (χ3n) is 3.29. The summed E-state index contributed by atoms with van der Waals surface area (Å²) in [5.41, 5.74) is 0.652. The summed E-state index contributed by atoms with van der Waals surface area (Å²) in [6.45, 7) is 5.34. The second kappa shape index (κ2) is 8.03. The van der Waals surface area contributed by atoms with Gasteiger partial charge in [0.2, 0.25) is 5.91 Å². The summed E-state index contributed by atoms with van der Waals surface area (Å²) in [6.07, 6.45) is 0. The lowest BCUT2D eigenvalue weighted by Gasteiger charge is -2.18. The van der Waals surface area contributed by atoms with Crippen molar-refractivity contribution in [3.8, 4) is 5.75 Å². The zero-order valence-electron chi connectivity index (χ0n) is 14.4. The van der Waals surface area contributed by atoms with Crippen molar-refractivity contribution >= 4 is 34.8 Å². The van der Waals surface area contributed by atoms with Gasteiger partial charge in [-0.1, -0.05) is 50.6 Å². The number of para-hydroxylation sites is 1. The third kappa shape index (κ3) is 5.80. The van der Waals surface area contributed by atoms with Crippen LogP contribution in [-0.2, 0) is 9.59 Å². The van der Waals surface area contributed by atoms with E-state index in [1.165, 1.54) is 0 Å². The molecule has 0 spiro atoms. The van der Waals surface area contributed by atoms with Gasteiger partial charge in [-0.05, 0) is 24.3 Å². The molecule has 0 aromatic heterocycles. The summed E-state index contributed by atoms with van der Waals surface area (Å²) in [4.78, 5) is 24.0. The summed E-state index contributed by atoms with van der Waals surface area (Å²) in [5, 5.41) is 5.96. The minimum Gasteiger partial charge on any atom is -0.484 e. The van der Waals surface area contributed by atoms with Gasteiger partial charge in [0.1, 0.15) is 5.75 Å². The summed E-state index contributed by atoms with van der Waals surface area (Å²) in [7, 11) is 0. The van der Waals surface area contributed by atoms with Gasteiger partial charge in [-0.15, -0.1) is 0 Å². The Hall–Kier alpha value is -2.53. The molecule has 2 aromatic rings. The number of halogens is 1. The van der Waals surface area contributed by atoms with Crippen LogP contribution >= 0.6 is 11.6 Å². The van der Waals surface area contributed by atoms with Gasteiger partial charge in [0, 0.05) is 17.2 Å². The predicted molar refractivity (Wildman–Crippen MR) is 100 cm³/mol. The molecule has 2 N–H and O–H groups in total. The molecule has 0 atom stereocenters. The Balaban J connectivity index is 1.93. The lowest BCUT2D eigenvalue weighted by molar-refractivity contribution is -0.123. The topological polar surface area (TPSA) is 67.4 Å². The van der Waals surface area contributed by atoms with Gasteiger partial charge in [-0.3, -0.25) is 9.59 Å². The van der Waals surface area contributed by atoms with E-state index in [-0.39, 0.29) is 18.4 Å². The van der Waals surface area contributed by atoms with E-state index in [1.807, 2.05) is 20.8 Å². The number of hydrogen-bond acceptors (Lipinski definition) is 3. The van der Waals surface area contributed by atoms with E-state index in [1.54, 1.807) is 48.5 Å². The van der Waals surface area contributed by atoms with Crippen molar-refractivity contribution in [3.63, 3.8) is 0 Å². The lowest BCUT2D eigenvalue weighted by atomic mass is 9.95. The fourth-order valence-corrected chi connectivity index (χ4v) is 2.06. The number of nitrogens with one attached hydrogen (secondary N) is 2. The number of carbonyl (C=O) groups is 2. The van der Waals surface area contributed by atoms with Crippen LogP contribution in [-0.4, -0.2) is 18.4 Å². The SMILES string of the molecule is CC(C)(C)C(=O)Nc1cccc(OCC(=O)Nc2ccccc2Cl)c1. The lowest BCUT2D eigenvalue weighted by Crippen LogP contribution is -2.27. The smallest absolute Gasteiger partial charge is 0.262 e. The highest BCUT2D eigenvalue weighted by Gasteiger charge is 2.21. The maximum absolute atomic E-state index is 12.0. The van der Waals surface area contributed by atoms with E-state index in [9.17, 15) is 9.59 Å². The average molecular weight is 361 g/mol. The van der Waals surface area contributed by atoms with Gasteiger partial charge >= 0.3 is 0 Å². The second-order valence-electron chi connectivity index (χ2n) is 6.55. The normalized spacial score (nSPS) is 10.9. The molecular formula is C19H21ClN2O3. The van der Waals surface area contributed by atoms with Gasteiger partial charge in [-0.2, -0.15) is 0 Å². The number of carbonyl (C=O) groups excluding carboxylic acids is 2. The second-order valence-corrected chi connectivity index (χ2v) is 6.96. The monoisotopic (exact) mass is 360 g/mol. The Morgan fingerprint density at radius 3 is 2.44 bits per heavy atom. The van der Waals surface area contributed by atoms with Crippen LogP contribution < -0.4 is 15.4 Å². The molecule has 5 nitrogen and oxygen atoms in total. The van der Waals surface area contributed by atoms with E-state index in [0.717, 1.165) is 0 Å². The van der Waals surface area contributed by atoms with Crippen LogP contribution in [0.1, 0.15) is 20.8 Å². The minimum absolute atomic E-state index is 0.0962. The van der Waals surface area contributed by atoms with Crippen molar-refractivity contribution in [2.24, 2.45) is 5.41 Å². The molecule has 0 saturated carbocycles. The van der Waals surface area contributed by atoms with Crippen molar-refractivity contribution in [2.45, 2.75) is 20.8 Å². The summed E-state index contributed by atoms with van der Waals surface area (Å²) < 4.78 is 5.48. The number of benzene rings is 2. The molecule has 6 heteroatoms. The van der Waals surface area contributed by atoms with Gasteiger partial charge in [0.05, 0.1) is 10.7 Å². The first-order chi connectivity index (χ1) is 11.8. The van der Waals surface area contributed by atoms with E-state index in [4.69, 9.17) is 16.3 Å². The maximum atomic E-state index is 12.0. The highest BCUT2D eigenvalue weighted by Crippen LogP contribution is 2.22. The average Bonchev–Trinajstić information content (AvgIpc) is 2.55. The summed E-state index contributed by atoms with van der Waals surface area (Å²) in [6, 6.07) is 13.9. The van der Waals surface area contributed by atoms with Crippen LogP contribution in [0.2, 0.25) is 5.02 Å². The van der Waals surface area contributed by atoms with E-state index < -0.39 is 5.41 Å².